The number of benzene rings is 1. The number of hydrogen-bond acceptors (Lipinski definition) is 5. The molecule has 1 heterocycles. The van der Waals surface area contributed by atoms with Gasteiger partial charge in [-0.2, -0.15) is 4.98 Å². The first kappa shape index (κ1) is 14.8. The van der Waals surface area contributed by atoms with E-state index in [0.717, 1.165) is 12.1 Å². The molecule has 0 spiro atoms. The highest BCUT2D eigenvalue weighted by Crippen LogP contribution is 2.27. The first-order chi connectivity index (χ1) is 9.52. The van der Waals surface area contributed by atoms with Gasteiger partial charge in [0, 0.05) is 6.61 Å². The Bertz CT molecular complexity index is 606. The van der Waals surface area contributed by atoms with E-state index in [1.54, 1.807) is 0 Å². The Morgan fingerprint density at radius 1 is 1.40 bits per heavy atom. The summed E-state index contributed by atoms with van der Waals surface area (Å²) in [6.45, 7) is 2.52. The molecule has 0 aliphatic rings. The molecule has 0 radical (unpaired) electrons. The second-order valence-electron chi connectivity index (χ2n) is 3.97. The quantitative estimate of drug-likeness (QED) is 0.860. The maximum Gasteiger partial charge on any atom is 0.261 e. The Morgan fingerprint density at radius 2 is 2.15 bits per heavy atom. The first-order valence-electron chi connectivity index (χ1n) is 5.84. The molecule has 0 bridgehead atoms. The minimum atomic E-state index is -0.776. The molecular formula is C12H12ClF2N3O2. The van der Waals surface area contributed by atoms with Crippen molar-refractivity contribution >= 4 is 11.6 Å². The van der Waals surface area contributed by atoms with E-state index >= 15 is 0 Å². The molecule has 8 heteroatoms. The summed E-state index contributed by atoms with van der Waals surface area (Å²) in [6, 6.07) is 1.13. The van der Waals surface area contributed by atoms with Crippen LogP contribution in [0, 0.1) is 11.6 Å². The summed E-state index contributed by atoms with van der Waals surface area (Å²) in [5, 5.41) is 3.31. The molecule has 1 aromatic heterocycles. The van der Waals surface area contributed by atoms with Crippen LogP contribution in [0.2, 0.25) is 5.02 Å². The van der Waals surface area contributed by atoms with E-state index in [0.29, 0.717) is 6.61 Å². The largest absolute Gasteiger partial charge is 0.380 e. The molecule has 20 heavy (non-hydrogen) atoms. The summed E-state index contributed by atoms with van der Waals surface area (Å²) in [4.78, 5) is 3.93. The zero-order valence-electron chi connectivity index (χ0n) is 10.6. The highest BCUT2D eigenvalue weighted by Gasteiger charge is 2.19. The number of nitrogens with zero attached hydrogens (tertiary/aromatic N) is 2. The third-order valence-electron chi connectivity index (χ3n) is 2.52. The van der Waals surface area contributed by atoms with Crippen LogP contribution in [0.25, 0.3) is 11.5 Å². The molecule has 1 aromatic carbocycles. The van der Waals surface area contributed by atoms with E-state index in [1.807, 2.05) is 6.92 Å². The second kappa shape index (κ2) is 6.25. The van der Waals surface area contributed by atoms with Gasteiger partial charge in [-0.3, -0.25) is 0 Å². The van der Waals surface area contributed by atoms with Crippen LogP contribution in [-0.4, -0.2) is 23.4 Å². The van der Waals surface area contributed by atoms with Crippen molar-refractivity contribution in [2.45, 2.75) is 13.0 Å². The average Bonchev–Trinajstić information content (AvgIpc) is 2.89. The Labute approximate surface area is 118 Å². The standard InChI is InChI=1S/C12H12ClF2N3O2/c1-2-19-5-10(16)11-17-12(20-18-11)6-3-9(15)7(13)4-8(6)14/h3-4,10H,2,5,16H2,1H3. The molecule has 2 N–H and O–H groups in total. The highest BCUT2D eigenvalue weighted by molar-refractivity contribution is 6.30. The van der Waals surface area contributed by atoms with Gasteiger partial charge in [0.25, 0.3) is 5.89 Å². The number of aromatic nitrogens is 2. The highest BCUT2D eigenvalue weighted by atomic mass is 35.5. The van der Waals surface area contributed by atoms with Crippen molar-refractivity contribution in [2.24, 2.45) is 5.73 Å². The number of ether oxygens (including phenoxy) is 1. The lowest BCUT2D eigenvalue weighted by Gasteiger charge is -2.05. The average molecular weight is 304 g/mol. The summed E-state index contributed by atoms with van der Waals surface area (Å²) < 4.78 is 37.0. The fourth-order valence-corrected chi connectivity index (χ4v) is 1.65. The van der Waals surface area contributed by atoms with E-state index < -0.39 is 17.7 Å². The third kappa shape index (κ3) is 3.12. The molecular weight excluding hydrogens is 292 g/mol. The Balaban J connectivity index is 2.27. The van der Waals surface area contributed by atoms with Crippen LogP contribution in [0.1, 0.15) is 18.8 Å². The van der Waals surface area contributed by atoms with Crippen LogP contribution in [0.15, 0.2) is 16.7 Å². The number of halogens is 3. The van der Waals surface area contributed by atoms with Crippen LogP contribution >= 0.6 is 11.6 Å². The summed E-state index contributed by atoms with van der Waals surface area (Å²) in [6.07, 6.45) is 0. The van der Waals surface area contributed by atoms with Gasteiger partial charge in [0.15, 0.2) is 5.82 Å². The van der Waals surface area contributed by atoms with Gasteiger partial charge in [-0.1, -0.05) is 16.8 Å². The number of nitrogens with two attached hydrogens (primary N) is 1. The van der Waals surface area contributed by atoms with Crippen molar-refractivity contribution in [1.82, 2.24) is 10.1 Å². The molecule has 1 unspecified atom stereocenters. The normalized spacial score (nSPS) is 12.7. The molecule has 5 nitrogen and oxygen atoms in total. The summed E-state index contributed by atoms with van der Waals surface area (Å²) in [7, 11) is 0. The maximum absolute atomic E-state index is 13.7. The van der Waals surface area contributed by atoms with Crippen LogP contribution in [0.4, 0.5) is 8.78 Å². The zero-order chi connectivity index (χ0) is 14.7. The summed E-state index contributed by atoms with van der Waals surface area (Å²) >= 11 is 5.47. The fourth-order valence-electron chi connectivity index (χ4n) is 1.50. The van der Waals surface area contributed by atoms with Gasteiger partial charge >= 0.3 is 0 Å². The van der Waals surface area contributed by atoms with Crippen molar-refractivity contribution in [1.29, 1.82) is 0 Å². The second-order valence-corrected chi connectivity index (χ2v) is 4.38. The molecule has 0 amide bonds. The molecule has 0 aliphatic carbocycles. The van der Waals surface area contributed by atoms with E-state index in [1.165, 1.54) is 0 Å². The monoisotopic (exact) mass is 303 g/mol. The SMILES string of the molecule is CCOCC(N)c1noc(-c2cc(F)c(Cl)cc2F)n1. The topological polar surface area (TPSA) is 74.2 Å². The molecule has 0 aliphatic heterocycles. The Hall–Kier alpha value is -1.57. The Morgan fingerprint density at radius 3 is 2.85 bits per heavy atom. The molecule has 0 saturated carbocycles. The van der Waals surface area contributed by atoms with Gasteiger partial charge in [0.2, 0.25) is 0 Å². The van der Waals surface area contributed by atoms with Crippen LogP contribution in [0.3, 0.4) is 0 Å². The van der Waals surface area contributed by atoms with Crippen LogP contribution < -0.4 is 5.73 Å². The molecule has 2 aromatic rings. The molecule has 0 fully saturated rings. The van der Waals surface area contributed by atoms with Crippen LogP contribution in [0.5, 0.6) is 0 Å². The Kier molecular flexibility index (Phi) is 4.64. The van der Waals surface area contributed by atoms with Gasteiger partial charge in [0.1, 0.15) is 11.6 Å². The first-order valence-corrected chi connectivity index (χ1v) is 6.22. The minimum Gasteiger partial charge on any atom is -0.380 e. The van der Waals surface area contributed by atoms with Crippen molar-refractivity contribution in [3.05, 3.63) is 34.6 Å². The predicted octanol–water partition coefficient (Wildman–Crippen LogP) is 2.70. The predicted molar refractivity (Wildman–Crippen MR) is 68.1 cm³/mol. The van der Waals surface area contributed by atoms with Gasteiger partial charge in [-0.15, -0.1) is 0 Å². The summed E-state index contributed by atoms with van der Waals surface area (Å²) in [5.41, 5.74) is 5.59. The van der Waals surface area contributed by atoms with Crippen molar-refractivity contribution in [3.8, 4) is 11.5 Å². The van der Waals surface area contributed by atoms with Gasteiger partial charge < -0.3 is 15.0 Å². The fraction of sp³-hybridized carbons (Fsp3) is 0.333. The molecule has 0 saturated heterocycles. The third-order valence-corrected chi connectivity index (χ3v) is 2.80. The van der Waals surface area contributed by atoms with Crippen molar-refractivity contribution in [3.63, 3.8) is 0 Å². The minimum absolute atomic E-state index is 0.156. The number of hydrogen-bond donors (Lipinski definition) is 1. The summed E-state index contributed by atoms with van der Waals surface area (Å²) in [5.74, 6) is -1.55. The lowest BCUT2D eigenvalue weighted by Crippen LogP contribution is -2.18. The van der Waals surface area contributed by atoms with E-state index in [-0.39, 0.29) is 28.9 Å². The maximum atomic E-state index is 13.7. The molecule has 1 atom stereocenters. The zero-order valence-corrected chi connectivity index (χ0v) is 11.3. The molecule has 2 rings (SSSR count). The smallest absolute Gasteiger partial charge is 0.261 e. The number of rotatable bonds is 5. The van der Waals surface area contributed by atoms with Crippen LogP contribution in [-0.2, 0) is 4.74 Å². The lowest BCUT2D eigenvalue weighted by molar-refractivity contribution is 0.130. The van der Waals surface area contributed by atoms with E-state index in [4.69, 9.17) is 26.6 Å². The lowest BCUT2D eigenvalue weighted by atomic mass is 10.2. The van der Waals surface area contributed by atoms with Gasteiger partial charge in [-0.05, 0) is 19.1 Å². The van der Waals surface area contributed by atoms with Crippen molar-refractivity contribution in [2.75, 3.05) is 13.2 Å². The van der Waals surface area contributed by atoms with Gasteiger partial charge in [0.05, 0.1) is 23.2 Å². The van der Waals surface area contributed by atoms with E-state index in [2.05, 4.69) is 10.1 Å². The molecule has 108 valence electrons. The van der Waals surface area contributed by atoms with E-state index in [9.17, 15) is 8.78 Å². The van der Waals surface area contributed by atoms with Crippen molar-refractivity contribution < 1.29 is 18.0 Å². The van der Waals surface area contributed by atoms with Gasteiger partial charge in [-0.25, -0.2) is 8.78 Å².